The number of aromatic nitrogens is 2. The van der Waals surface area contributed by atoms with Crippen LogP contribution in [0.4, 0.5) is 5.82 Å². The Morgan fingerprint density at radius 3 is 2.95 bits per heavy atom. The molecule has 0 aliphatic heterocycles. The molecule has 0 saturated heterocycles. The van der Waals surface area contributed by atoms with Crippen molar-refractivity contribution in [3.63, 3.8) is 0 Å². The van der Waals surface area contributed by atoms with Crippen molar-refractivity contribution in [2.24, 2.45) is 0 Å². The van der Waals surface area contributed by atoms with Crippen LogP contribution in [0.1, 0.15) is 17.1 Å². The van der Waals surface area contributed by atoms with Gasteiger partial charge in [-0.25, -0.2) is 0 Å². The summed E-state index contributed by atoms with van der Waals surface area (Å²) in [5.41, 5.74) is 1.22. The second-order valence-corrected chi connectivity index (χ2v) is 6.79. The van der Waals surface area contributed by atoms with Gasteiger partial charge in [0.25, 0.3) is 5.88 Å². The molecule has 1 N–H and O–H groups in total. The minimum absolute atomic E-state index is 0.560. The number of ether oxygens (including phenoxy) is 1. The van der Waals surface area contributed by atoms with E-state index in [-0.39, 0.29) is 0 Å². The summed E-state index contributed by atoms with van der Waals surface area (Å²) in [6, 6.07) is 2.13. The van der Waals surface area contributed by atoms with E-state index in [4.69, 9.17) is 9.15 Å². The number of methoxy groups -OCH3 is 1. The van der Waals surface area contributed by atoms with Crippen LogP contribution in [0.15, 0.2) is 10.5 Å². The number of thioether (sulfide) groups is 1. The van der Waals surface area contributed by atoms with Gasteiger partial charge >= 0.3 is 0 Å². The van der Waals surface area contributed by atoms with Gasteiger partial charge < -0.3 is 19.4 Å². The van der Waals surface area contributed by atoms with Gasteiger partial charge in [0, 0.05) is 12.3 Å². The molecule has 122 valence electrons. The average Bonchev–Trinajstić information content (AvgIpc) is 3.05. The molecule has 0 unspecified atom stereocenters. The third kappa shape index (κ3) is 4.89. The van der Waals surface area contributed by atoms with E-state index in [1.807, 2.05) is 25.9 Å². The van der Waals surface area contributed by atoms with Gasteiger partial charge in [-0.1, -0.05) is 0 Å². The lowest BCUT2D eigenvalue weighted by Crippen LogP contribution is -2.10. The number of hydrogen-bond donors (Lipinski definition) is 1. The largest absolute Gasteiger partial charge is 0.478 e. The molecule has 0 spiro atoms. The second kappa shape index (κ2) is 8.40. The summed E-state index contributed by atoms with van der Waals surface area (Å²) in [4.78, 5) is 2.11. The van der Waals surface area contributed by atoms with Crippen LogP contribution < -0.4 is 10.1 Å². The molecule has 0 aliphatic carbocycles. The van der Waals surface area contributed by atoms with Gasteiger partial charge in [-0.05, 0) is 32.6 Å². The maximum absolute atomic E-state index is 5.89. The highest BCUT2D eigenvalue weighted by molar-refractivity contribution is 7.98. The molecule has 6 nitrogen and oxygen atoms in total. The molecule has 2 aromatic rings. The van der Waals surface area contributed by atoms with E-state index in [0.717, 1.165) is 53.7 Å². The lowest BCUT2D eigenvalue weighted by molar-refractivity contribution is 0.343. The van der Waals surface area contributed by atoms with Crippen molar-refractivity contribution < 1.29 is 9.15 Å². The van der Waals surface area contributed by atoms with Crippen LogP contribution in [-0.2, 0) is 12.3 Å². The summed E-state index contributed by atoms with van der Waals surface area (Å²) < 4.78 is 19.2. The van der Waals surface area contributed by atoms with Crippen molar-refractivity contribution in [3.8, 4) is 5.88 Å². The van der Waals surface area contributed by atoms with Crippen molar-refractivity contribution in [1.82, 2.24) is 13.6 Å². The Hall–Kier alpha value is -1.25. The minimum atomic E-state index is 0.560. The van der Waals surface area contributed by atoms with Gasteiger partial charge in [0.05, 0.1) is 31.1 Å². The molecular formula is C14H22N4O2S2. The van der Waals surface area contributed by atoms with Gasteiger partial charge in [-0.15, -0.1) is 4.37 Å². The molecule has 0 aliphatic rings. The Bertz CT molecular complexity index is 583. The molecule has 22 heavy (non-hydrogen) atoms. The van der Waals surface area contributed by atoms with Gasteiger partial charge in [0.2, 0.25) is 5.82 Å². The van der Waals surface area contributed by atoms with Crippen LogP contribution in [0.5, 0.6) is 5.88 Å². The molecule has 0 bridgehead atoms. The van der Waals surface area contributed by atoms with Crippen molar-refractivity contribution in [3.05, 3.63) is 23.2 Å². The first kappa shape index (κ1) is 17.1. The van der Waals surface area contributed by atoms with Crippen LogP contribution in [0.25, 0.3) is 0 Å². The number of anilines is 1. The van der Waals surface area contributed by atoms with Crippen LogP contribution >= 0.6 is 23.5 Å². The molecule has 2 heterocycles. The number of aryl methyl sites for hydroxylation is 1. The zero-order valence-electron chi connectivity index (χ0n) is 13.4. The molecular weight excluding hydrogens is 320 g/mol. The Labute approximate surface area is 139 Å². The second-order valence-electron chi connectivity index (χ2n) is 5.16. The Morgan fingerprint density at radius 1 is 1.41 bits per heavy atom. The van der Waals surface area contributed by atoms with E-state index in [1.54, 1.807) is 7.11 Å². The first-order valence-corrected chi connectivity index (χ1v) is 8.89. The topological polar surface area (TPSA) is 63.4 Å². The SMILES string of the molecule is COc1nsnc1NCCSCc1cc(C)c(CN(C)C)o1. The van der Waals surface area contributed by atoms with Crippen molar-refractivity contribution in [1.29, 1.82) is 0 Å². The van der Waals surface area contributed by atoms with E-state index >= 15 is 0 Å². The summed E-state index contributed by atoms with van der Waals surface area (Å²) in [6.07, 6.45) is 0. The fraction of sp³-hybridized carbons (Fsp3) is 0.571. The van der Waals surface area contributed by atoms with Crippen LogP contribution in [0, 0.1) is 6.92 Å². The highest BCUT2D eigenvalue weighted by Gasteiger charge is 2.09. The van der Waals surface area contributed by atoms with Crippen molar-refractivity contribution >= 4 is 29.3 Å². The molecule has 2 rings (SSSR count). The number of furan rings is 1. The van der Waals surface area contributed by atoms with Crippen LogP contribution in [-0.4, -0.2) is 47.1 Å². The monoisotopic (exact) mass is 342 g/mol. The van der Waals surface area contributed by atoms with E-state index in [0.29, 0.717) is 5.88 Å². The third-order valence-electron chi connectivity index (χ3n) is 2.97. The predicted molar refractivity (Wildman–Crippen MR) is 91.9 cm³/mol. The summed E-state index contributed by atoms with van der Waals surface area (Å²) in [7, 11) is 5.69. The normalized spacial score (nSPS) is 11.1. The molecule has 0 atom stereocenters. The zero-order valence-corrected chi connectivity index (χ0v) is 15.0. The van der Waals surface area contributed by atoms with Gasteiger partial charge in [0.15, 0.2) is 0 Å². The Balaban J connectivity index is 1.70. The number of nitrogens with one attached hydrogen (secondary N) is 1. The molecule has 0 amide bonds. The van der Waals surface area contributed by atoms with Gasteiger partial charge in [-0.2, -0.15) is 16.1 Å². The maximum atomic E-state index is 5.89. The fourth-order valence-electron chi connectivity index (χ4n) is 1.94. The summed E-state index contributed by atoms with van der Waals surface area (Å²) >= 11 is 2.97. The Morgan fingerprint density at radius 2 is 2.23 bits per heavy atom. The first-order chi connectivity index (χ1) is 10.6. The van der Waals surface area contributed by atoms with E-state index in [1.165, 1.54) is 5.56 Å². The molecule has 0 radical (unpaired) electrons. The number of rotatable bonds is 9. The maximum Gasteiger partial charge on any atom is 0.270 e. The first-order valence-electron chi connectivity index (χ1n) is 7.01. The van der Waals surface area contributed by atoms with E-state index < -0.39 is 0 Å². The van der Waals surface area contributed by atoms with Gasteiger partial charge in [-0.3, -0.25) is 0 Å². The quantitative estimate of drug-likeness (QED) is 0.703. The smallest absolute Gasteiger partial charge is 0.270 e. The lowest BCUT2D eigenvalue weighted by Gasteiger charge is -2.07. The molecule has 0 aromatic carbocycles. The van der Waals surface area contributed by atoms with Crippen LogP contribution in [0.3, 0.4) is 0 Å². The van der Waals surface area contributed by atoms with Crippen molar-refractivity contribution in [2.75, 3.05) is 38.8 Å². The van der Waals surface area contributed by atoms with E-state index in [2.05, 4.69) is 32.0 Å². The highest BCUT2D eigenvalue weighted by Crippen LogP contribution is 2.22. The van der Waals surface area contributed by atoms with E-state index in [9.17, 15) is 0 Å². The molecule has 0 fully saturated rings. The third-order valence-corrected chi connectivity index (χ3v) is 4.46. The number of hydrogen-bond acceptors (Lipinski definition) is 8. The highest BCUT2D eigenvalue weighted by atomic mass is 32.2. The standard InChI is InChI=1S/C14H22N4O2S2/c1-10-7-11(20-12(10)8-18(2)3)9-21-6-5-15-13-14(19-4)17-22-16-13/h7H,5-6,8-9H2,1-4H3,(H,15,16). The number of nitrogens with zero attached hydrogens (tertiary/aromatic N) is 3. The Kier molecular flexibility index (Phi) is 6.53. The van der Waals surface area contributed by atoms with Crippen molar-refractivity contribution in [2.45, 2.75) is 19.2 Å². The van der Waals surface area contributed by atoms with Crippen LogP contribution in [0.2, 0.25) is 0 Å². The molecule has 2 aromatic heterocycles. The van der Waals surface area contributed by atoms with Gasteiger partial charge in [0.1, 0.15) is 11.5 Å². The zero-order chi connectivity index (χ0) is 15.9. The predicted octanol–water partition coefficient (Wildman–Crippen LogP) is 2.86. The average molecular weight is 342 g/mol. The fourth-order valence-corrected chi connectivity index (χ4v) is 3.18. The summed E-state index contributed by atoms with van der Waals surface area (Å²) in [6.45, 7) is 3.75. The summed E-state index contributed by atoms with van der Waals surface area (Å²) in [5.74, 6) is 5.20. The molecule has 0 saturated carbocycles. The molecule has 8 heteroatoms. The summed E-state index contributed by atoms with van der Waals surface area (Å²) in [5, 5.41) is 3.23. The minimum Gasteiger partial charge on any atom is -0.478 e. The lowest BCUT2D eigenvalue weighted by atomic mass is 10.2.